The molecule has 0 saturated carbocycles. The van der Waals surface area contributed by atoms with Gasteiger partial charge in [0.25, 0.3) is 0 Å². The molecule has 0 amide bonds. The van der Waals surface area contributed by atoms with Gasteiger partial charge in [-0.2, -0.15) is 8.78 Å². The van der Waals surface area contributed by atoms with Crippen molar-refractivity contribution in [3.05, 3.63) is 78.2 Å². The molecule has 1 radical (unpaired) electrons. The number of aryl methyl sites for hydroxylation is 2. The van der Waals surface area contributed by atoms with Gasteiger partial charge in [0.1, 0.15) is 0 Å². The SMILES string of the molecule is CC.CC1(F)C#Cc2ccccc2CCC1.CCC(C)(C)C.CCC(C)C.FC1(F)C#Cc2ccccc2CCC1.[CH3-].[Y]. The summed E-state index contributed by atoms with van der Waals surface area (Å²) in [4.78, 5) is 0. The van der Waals surface area contributed by atoms with Crippen LogP contribution in [0.25, 0.3) is 0 Å². The van der Waals surface area contributed by atoms with Crippen LogP contribution < -0.4 is 0 Å². The fourth-order valence-corrected chi connectivity index (χ4v) is 3.31. The minimum absolute atomic E-state index is 0. The molecule has 1 unspecified atom stereocenters. The predicted octanol–water partition coefficient (Wildman–Crippen LogP) is 12.1. The fourth-order valence-electron chi connectivity index (χ4n) is 3.31. The predicted molar refractivity (Wildman–Crippen MR) is 180 cm³/mol. The Labute approximate surface area is 289 Å². The van der Waals surface area contributed by atoms with E-state index in [9.17, 15) is 13.2 Å². The number of halogens is 3. The van der Waals surface area contributed by atoms with Crippen molar-refractivity contribution in [2.45, 2.75) is 132 Å². The normalized spacial score (nSPS) is 17.2. The standard InChI is InChI=1S/C13H13F.C12H10F2.C6H14.C5H12.C2H6.CH3.Y/c1-13(14)9-4-7-11-5-2-3-6-12(11)8-10-13;13-12(14)8-3-6-10-4-1-2-5-11(10)7-9-12;1-5-6(2,3)4;1-4-5(2)3;1-2;;/h2-3,5-6H,4,7,9H2,1H3;1-2,4-5H,3,6,8H2;5H2,1-4H3;5H,4H2,1-3H3;1-2H3;1H3;/q;;;;;-1;. The second kappa shape index (κ2) is 23.8. The molecule has 2 aromatic rings. The van der Waals surface area contributed by atoms with Crippen LogP contribution in [0.4, 0.5) is 13.2 Å². The number of alkyl halides is 3. The molecule has 0 heterocycles. The first kappa shape index (κ1) is 45.9. The maximum atomic E-state index is 13.6. The Morgan fingerprint density at radius 2 is 1.14 bits per heavy atom. The third-order valence-electron chi connectivity index (χ3n) is 6.78. The molecule has 2 aromatic carbocycles. The molecule has 0 spiro atoms. The Morgan fingerprint density at radius 1 is 0.767 bits per heavy atom. The summed E-state index contributed by atoms with van der Waals surface area (Å²) in [6.07, 6.45) is 5.98. The van der Waals surface area contributed by atoms with Crippen molar-refractivity contribution in [3.8, 4) is 23.7 Å². The molecule has 1 atom stereocenters. The first-order valence-electron chi connectivity index (χ1n) is 15.5. The summed E-state index contributed by atoms with van der Waals surface area (Å²) in [5.74, 6) is 8.29. The zero-order chi connectivity index (χ0) is 31.5. The van der Waals surface area contributed by atoms with Gasteiger partial charge in [-0.15, -0.1) is 0 Å². The van der Waals surface area contributed by atoms with Gasteiger partial charge in [0.05, 0.1) is 0 Å². The zero-order valence-electron chi connectivity index (χ0n) is 29.1. The van der Waals surface area contributed by atoms with Crippen LogP contribution >= 0.6 is 0 Å². The van der Waals surface area contributed by atoms with Gasteiger partial charge in [-0.1, -0.05) is 129 Å². The topological polar surface area (TPSA) is 0 Å². The van der Waals surface area contributed by atoms with Crippen molar-refractivity contribution < 1.29 is 45.9 Å². The maximum absolute atomic E-state index is 13.6. The van der Waals surface area contributed by atoms with Crippen LogP contribution in [-0.4, -0.2) is 11.6 Å². The van der Waals surface area contributed by atoms with Gasteiger partial charge in [0, 0.05) is 50.3 Å². The van der Waals surface area contributed by atoms with Crippen molar-refractivity contribution in [1.29, 1.82) is 0 Å². The van der Waals surface area contributed by atoms with E-state index in [1.165, 1.54) is 18.4 Å². The van der Waals surface area contributed by atoms with E-state index in [2.05, 4.69) is 72.3 Å². The van der Waals surface area contributed by atoms with E-state index in [0.717, 1.165) is 35.4 Å². The number of rotatable bonds is 1. The van der Waals surface area contributed by atoms with Crippen molar-refractivity contribution in [2.24, 2.45) is 11.3 Å². The van der Waals surface area contributed by atoms with Crippen LogP contribution in [0.15, 0.2) is 48.5 Å². The van der Waals surface area contributed by atoms with Crippen LogP contribution in [0.2, 0.25) is 0 Å². The van der Waals surface area contributed by atoms with Crippen LogP contribution in [0.5, 0.6) is 0 Å². The minimum atomic E-state index is -2.81. The second-order valence-corrected chi connectivity index (χ2v) is 12.1. The Balaban J connectivity index is -0.000000520. The fraction of sp³-hybridized carbons (Fsp3) is 0.564. The van der Waals surface area contributed by atoms with Crippen molar-refractivity contribution in [1.82, 2.24) is 0 Å². The molecule has 4 heteroatoms. The maximum Gasteiger partial charge on any atom is 0.308 e. The Bertz CT molecular complexity index is 1040. The summed E-state index contributed by atoms with van der Waals surface area (Å²) in [5, 5.41) is 0. The first-order chi connectivity index (χ1) is 19.2. The summed E-state index contributed by atoms with van der Waals surface area (Å²) in [7, 11) is 0. The molecule has 2 aliphatic carbocycles. The number of benzene rings is 2. The molecule has 43 heavy (non-hydrogen) atoms. The van der Waals surface area contributed by atoms with Gasteiger partial charge in [-0.25, -0.2) is 4.39 Å². The summed E-state index contributed by atoms with van der Waals surface area (Å²) < 4.78 is 39.6. The van der Waals surface area contributed by atoms with E-state index in [1.807, 2.05) is 56.2 Å². The summed E-state index contributed by atoms with van der Waals surface area (Å²) in [6, 6.07) is 15.5. The molecule has 4 rings (SSSR count). The molecule has 0 aliphatic heterocycles. The van der Waals surface area contributed by atoms with Gasteiger partial charge in [-0.3, -0.25) is 0 Å². The molecular formula is C39H58F3Y-. The molecule has 0 saturated heterocycles. The summed E-state index contributed by atoms with van der Waals surface area (Å²) >= 11 is 0. The zero-order valence-corrected chi connectivity index (χ0v) is 31.9. The van der Waals surface area contributed by atoms with Crippen LogP contribution in [0, 0.1) is 42.4 Å². The second-order valence-electron chi connectivity index (χ2n) is 12.1. The third-order valence-corrected chi connectivity index (χ3v) is 6.78. The summed E-state index contributed by atoms with van der Waals surface area (Å²) in [5.41, 5.74) is 3.28. The molecule has 0 N–H and O–H groups in total. The number of fused-ring (bicyclic) bond motifs is 2. The minimum Gasteiger partial charge on any atom is -0.358 e. The summed E-state index contributed by atoms with van der Waals surface area (Å²) in [6.45, 7) is 21.1. The van der Waals surface area contributed by atoms with Gasteiger partial charge in [0.15, 0.2) is 5.67 Å². The average molecular weight is 673 g/mol. The smallest absolute Gasteiger partial charge is 0.308 e. The Hall–Kier alpha value is -1.55. The van der Waals surface area contributed by atoms with Crippen LogP contribution in [-0.2, 0) is 45.6 Å². The largest absolute Gasteiger partial charge is 0.358 e. The third kappa shape index (κ3) is 22.6. The molecule has 239 valence electrons. The Kier molecular flexibility index (Phi) is 25.4. The molecule has 0 fully saturated rings. The van der Waals surface area contributed by atoms with Gasteiger partial charge in [-0.05, 0) is 79.5 Å². The van der Waals surface area contributed by atoms with E-state index in [0.29, 0.717) is 24.7 Å². The van der Waals surface area contributed by atoms with Crippen molar-refractivity contribution >= 4 is 0 Å². The van der Waals surface area contributed by atoms with E-state index >= 15 is 0 Å². The monoisotopic (exact) mass is 672 g/mol. The van der Waals surface area contributed by atoms with E-state index < -0.39 is 11.6 Å². The van der Waals surface area contributed by atoms with E-state index in [-0.39, 0.29) is 46.6 Å². The van der Waals surface area contributed by atoms with Gasteiger partial charge in [0.2, 0.25) is 0 Å². The van der Waals surface area contributed by atoms with Crippen LogP contribution in [0.1, 0.15) is 130 Å². The van der Waals surface area contributed by atoms with E-state index in [1.54, 1.807) is 13.0 Å². The molecule has 0 nitrogen and oxygen atoms in total. The Morgan fingerprint density at radius 3 is 1.53 bits per heavy atom. The molecule has 2 aliphatic rings. The van der Waals surface area contributed by atoms with Gasteiger partial charge >= 0.3 is 5.92 Å². The average Bonchev–Trinajstić information content (AvgIpc) is 2.92. The van der Waals surface area contributed by atoms with Crippen LogP contribution in [0.3, 0.4) is 0 Å². The number of hydrogen-bond donors (Lipinski definition) is 0. The van der Waals surface area contributed by atoms with Crippen molar-refractivity contribution in [3.63, 3.8) is 0 Å². The molecule has 0 aromatic heterocycles. The quantitative estimate of drug-likeness (QED) is 0.209. The molecule has 0 bridgehead atoms. The first-order valence-corrected chi connectivity index (χ1v) is 15.5. The van der Waals surface area contributed by atoms with Gasteiger partial charge < -0.3 is 7.43 Å². The molecular weight excluding hydrogens is 614 g/mol. The number of hydrogen-bond acceptors (Lipinski definition) is 0. The van der Waals surface area contributed by atoms with E-state index in [4.69, 9.17) is 0 Å². The van der Waals surface area contributed by atoms with Crippen molar-refractivity contribution in [2.75, 3.05) is 0 Å².